The highest BCUT2D eigenvalue weighted by Gasteiger charge is 2.38. The van der Waals surface area contributed by atoms with Gasteiger partial charge in [-0.05, 0) is 70.7 Å². The maximum absolute atomic E-state index is 13.0. The SMILES string of the molecule is Cc1ccc(C(=O)NC2CC(C)(C)NC(C)(C)C2)cc1S(=O)(=O)NCc1ccccc1. The van der Waals surface area contributed by atoms with Gasteiger partial charge in [-0.3, -0.25) is 4.79 Å². The van der Waals surface area contributed by atoms with Crippen LogP contribution in [-0.2, 0) is 16.6 Å². The Labute approximate surface area is 185 Å². The number of sulfonamides is 1. The Bertz CT molecular complexity index is 1030. The number of carbonyl (C=O) groups excluding carboxylic acids is 1. The fraction of sp³-hybridized carbons (Fsp3) is 0.458. The van der Waals surface area contributed by atoms with Crippen LogP contribution in [0.3, 0.4) is 0 Å². The summed E-state index contributed by atoms with van der Waals surface area (Å²) in [5.41, 5.74) is 1.63. The molecule has 0 aliphatic carbocycles. The van der Waals surface area contributed by atoms with Crippen LogP contribution in [0, 0.1) is 6.92 Å². The van der Waals surface area contributed by atoms with Gasteiger partial charge >= 0.3 is 0 Å². The van der Waals surface area contributed by atoms with Crippen LogP contribution < -0.4 is 15.4 Å². The second-order valence-corrected chi connectivity index (χ2v) is 11.5. The second kappa shape index (κ2) is 8.73. The Morgan fingerprint density at radius 1 is 1.03 bits per heavy atom. The first-order valence-corrected chi connectivity index (χ1v) is 12.1. The molecule has 0 bridgehead atoms. The first-order chi connectivity index (χ1) is 14.4. The van der Waals surface area contributed by atoms with Gasteiger partial charge in [0.15, 0.2) is 0 Å². The highest BCUT2D eigenvalue weighted by atomic mass is 32.2. The molecule has 0 aromatic heterocycles. The van der Waals surface area contributed by atoms with E-state index in [1.54, 1.807) is 19.1 Å². The van der Waals surface area contributed by atoms with Gasteiger partial charge in [0.1, 0.15) is 0 Å². The van der Waals surface area contributed by atoms with Gasteiger partial charge < -0.3 is 10.6 Å². The first-order valence-electron chi connectivity index (χ1n) is 10.6. The van der Waals surface area contributed by atoms with Gasteiger partial charge in [0, 0.05) is 29.2 Å². The van der Waals surface area contributed by atoms with Crippen LogP contribution >= 0.6 is 0 Å². The van der Waals surface area contributed by atoms with E-state index in [9.17, 15) is 13.2 Å². The minimum absolute atomic E-state index is 0.0105. The Morgan fingerprint density at radius 3 is 2.26 bits per heavy atom. The molecule has 168 valence electrons. The highest BCUT2D eigenvalue weighted by molar-refractivity contribution is 7.89. The number of hydrogen-bond acceptors (Lipinski definition) is 4. The van der Waals surface area contributed by atoms with E-state index in [4.69, 9.17) is 0 Å². The fourth-order valence-corrected chi connectivity index (χ4v) is 5.86. The van der Waals surface area contributed by atoms with E-state index < -0.39 is 10.0 Å². The summed E-state index contributed by atoms with van der Waals surface area (Å²) in [5.74, 6) is -0.252. The van der Waals surface area contributed by atoms with Gasteiger partial charge in [-0.25, -0.2) is 13.1 Å². The molecule has 0 saturated carbocycles. The lowest BCUT2D eigenvalue weighted by Crippen LogP contribution is -2.62. The Kier molecular flexibility index (Phi) is 6.60. The maximum atomic E-state index is 13.0. The molecule has 1 aliphatic heterocycles. The quantitative estimate of drug-likeness (QED) is 0.638. The Morgan fingerprint density at radius 2 is 1.65 bits per heavy atom. The van der Waals surface area contributed by atoms with Crippen LogP contribution in [-0.4, -0.2) is 31.4 Å². The predicted molar refractivity (Wildman–Crippen MR) is 123 cm³/mol. The molecule has 1 amide bonds. The molecule has 1 saturated heterocycles. The topological polar surface area (TPSA) is 87.3 Å². The molecule has 3 N–H and O–H groups in total. The normalized spacial score (nSPS) is 18.5. The summed E-state index contributed by atoms with van der Waals surface area (Å²) in [4.78, 5) is 13.1. The van der Waals surface area contributed by atoms with E-state index in [0.717, 1.165) is 18.4 Å². The number of rotatable bonds is 6. The zero-order valence-corrected chi connectivity index (χ0v) is 19.8. The van der Waals surface area contributed by atoms with Crippen molar-refractivity contribution in [3.8, 4) is 0 Å². The number of hydrogen-bond donors (Lipinski definition) is 3. The van der Waals surface area contributed by atoms with Gasteiger partial charge in [0.05, 0.1) is 4.90 Å². The number of aryl methyl sites for hydroxylation is 1. The third kappa shape index (κ3) is 6.15. The zero-order valence-electron chi connectivity index (χ0n) is 19.0. The molecule has 1 heterocycles. The smallest absolute Gasteiger partial charge is 0.251 e. The molecule has 0 unspecified atom stereocenters. The van der Waals surface area contributed by atoms with Crippen LogP contribution in [0.2, 0.25) is 0 Å². The van der Waals surface area contributed by atoms with Crippen molar-refractivity contribution in [2.24, 2.45) is 0 Å². The standard InChI is InChI=1S/C24H33N3O3S/c1-17-11-12-19(22(28)26-20-14-23(2,3)27-24(4,5)15-20)13-21(17)31(29,30)25-16-18-9-7-6-8-10-18/h6-13,20,25,27H,14-16H2,1-5H3,(H,26,28). The zero-order chi connectivity index (χ0) is 22.9. The molecule has 31 heavy (non-hydrogen) atoms. The molecule has 3 rings (SSSR count). The monoisotopic (exact) mass is 443 g/mol. The van der Waals surface area contributed by atoms with E-state index in [0.29, 0.717) is 11.1 Å². The Hall–Kier alpha value is -2.22. The average molecular weight is 444 g/mol. The largest absolute Gasteiger partial charge is 0.349 e. The van der Waals surface area contributed by atoms with Crippen LogP contribution in [0.15, 0.2) is 53.4 Å². The summed E-state index contributed by atoms with van der Waals surface area (Å²) < 4.78 is 28.5. The molecule has 0 spiro atoms. The number of carbonyl (C=O) groups is 1. The minimum atomic E-state index is -3.76. The van der Waals surface area contributed by atoms with Crippen molar-refractivity contribution in [1.29, 1.82) is 0 Å². The summed E-state index contributed by atoms with van der Waals surface area (Å²) >= 11 is 0. The molecule has 2 aromatic carbocycles. The van der Waals surface area contributed by atoms with Gasteiger partial charge in [-0.1, -0.05) is 36.4 Å². The minimum Gasteiger partial charge on any atom is -0.349 e. The lowest BCUT2D eigenvalue weighted by Gasteiger charge is -2.46. The van der Waals surface area contributed by atoms with Crippen molar-refractivity contribution in [2.75, 3.05) is 0 Å². The first kappa shape index (κ1) is 23.4. The van der Waals surface area contributed by atoms with Gasteiger partial charge in [0.2, 0.25) is 10.0 Å². The third-order valence-electron chi connectivity index (χ3n) is 5.57. The number of piperidine rings is 1. The molecular formula is C24H33N3O3S. The summed E-state index contributed by atoms with van der Waals surface area (Å²) in [7, 11) is -3.76. The summed E-state index contributed by atoms with van der Waals surface area (Å²) in [5, 5.41) is 6.71. The van der Waals surface area contributed by atoms with Crippen molar-refractivity contribution in [1.82, 2.24) is 15.4 Å². The lowest BCUT2D eigenvalue weighted by molar-refractivity contribution is 0.0873. The van der Waals surface area contributed by atoms with Gasteiger partial charge in [-0.15, -0.1) is 0 Å². The second-order valence-electron chi connectivity index (χ2n) is 9.76. The number of benzene rings is 2. The van der Waals surface area contributed by atoms with Gasteiger partial charge in [0.25, 0.3) is 5.91 Å². The molecule has 0 atom stereocenters. The fourth-order valence-electron chi connectivity index (χ4n) is 4.58. The number of nitrogens with one attached hydrogen (secondary N) is 3. The van der Waals surface area contributed by atoms with E-state index in [1.807, 2.05) is 30.3 Å². The molecule has 1 fully saturated rings. The average Bonchev–Trinajstić information content (AvgIpc) is 2.65. The summed E-state index contributed by atoms with van der Waals surface area (Å²) in [6.07, 6.45) is 1.61. The van der Waals surface area contributed by atoms with Crippen molar-refractivity contribution >= 4 is 15.9 Å². The van der Waals surface area contributed by atoms with E-state index in [-0.39, 0.29) is 34.5 Å². The molecule has 6 nitrogen and oxygen atoms in total. The van der Waals surface area contributed by atoms with Crippen LogP contribution in [0.4, 0.5) is 0 Å². The van der Waals surface area contributed by atoms with E-state index >= 15 is 0 Å². The summed E-state index contributed by atoms with van der Waals surface area (Å²) in [6, 6.07) is 14.2. The maximum Gasteiger partial charge on any atom is 0.251 e. The van der Waals surface area contributed by atoms with Crippen molar-refractivity contribution in [2.45, 2.75) is 76.0 Å². The predicted octanol–water partition coefficient (Wildman–Crippen LogP) is 3.51. The molecule has 7 heteroatoms. The van der Waals surface area contributed by atoms with Crippen LogP contribution in [0.25, 0.3) is 0 Å². The van der Waals surface area contributed by atoms with Crippen molar-refractivity contribution < 1.29 is 13.2 Å². The molecular weight excluding hydrogens is 410 g/mol. The summed E-state index contributed by atoms with van der Waals surface area (Å²) in [6.45, 7) is 10.4. The van der Waals surface area contributed by atoms with E-state index in [2.05, 4.69) is 43.1 Å². The van der Waals surface area contributed by atoms with Crippen molar-refractivity contribution in [3.63, 3.8) is 0 Å². The molecule has 2 aromatic rings. The van der Waals surface area contributed by atoms with E-state index in [1.165, 1.54) is 6.07 Å². The van der Waals surface area contributed by atoms with Crippen LogP contribution in [0.5, 0.6) is 0 Å². The van der Waals surface area contributed by atoms with Crippen LogP contribution in [0.1, 0.15) is 62.0 Å². The van der Waals surface area contributed by atoms with Gasteiger partial charge in [-0.2, -0.15) is 0 Å². The lowest BCUT2D eigenvalue weighted by atomic mass is 9.79. The number of amides is 1. The highest BCUT2D eigenvalue weighted by Crippen LogP contribution is 2.29. The Balaban J connectivity index is 1.76. The third-order valence-corrected chi connectivity index (χ3v) is 7.12. The van der Waals surface area contributed by atoms with Crippen molar-refractivity contribution in [3.05, 3.63) is 65.2 Å². The molecule has 1 aliphatic rings. The molecule has 0 radical (unpaired) electrons.